The smallest absolute Gasteiger partial charge is 0.259 e. The van der Waals surface area contributed by atoms with E-state index in [4.69, 9.17) is 11.6 Å². The van der Waals surface area contributed by atoms with Crippen molar-refractivity contribution in [3.05, 3.63) is 106 Å². The van der Waals surface area contributed by atoms with Gasteiger partial charge in [-0.3, -0.25) is 9.59 Å². The number of amides is 2. The monoisotopic (exact) mass is 446 g/mol. The first kappa shape index (κ1) is 20.8. The Morgan fingerprint density at radius 1 is 0.806 bits per heavy atom. The summed E-state index contributed by atoms with van der Waals surface area (Å²) < 4.78 is 0. The topological polar surface area (TPSA) is 58.2 Å². The van der Waals surface area contributed by atoms with Crippen LogP contribution in [0.15, 0.2) is 90.3 Å². The molecule has 1 heterocycles. The Bertz CT molecular complexity index is 1190. The maximum absolute atomic E-state index is 13.2. The number of hydrogen-bond acceptors (Lipinski definition) is 3. The summed E-state index contributed by atoms with van der Waals surface area (Å²) in [6, 6.07) is 26.0. The number of benzene rings is 3. The zero-order valence-corrected chi connectivity index (χ0v) is 18.0. The average Bonchev–Trinajstić information content (AvgIpc) is 3.20. The van der Waals surface area contributed by atoms with Crippen molar-refractivity contribution in [3.8, 4) is 11.1 Å². The number of carbonyl (C=O) groups excluding carboxylic acids is 2. The number of nitrogens with one attached hydrogen (secondary N) is 2. The maximum atomic E-state index is 13.2. The molecule has 6 heteroatoms. The van der Waals surface area contributed by atoms with E-state index in [1.54, 1.807) is 24.3 Å². The largest absolute Gasteiger partial charge is 0.322 e. The molecule has 0 aliphatic carbocycles. The molecule has 31 heavy (non-hydrogen) atoms. The Hall–Kier alpha value is -3.41. The number of anilines is 2. The highest BCUT2D eigenvalue weighted by atomic mass is 35.5. The molecule has 0 saturated carbocycles. The van der Waals surface area contributed by atoms with E-state index in [0.29, 0.717) is 21.3 Å². The van der Waals surface area contributed by atoms with E-state index in [-0.39, 0.29) is 18.2 Å². The first-order valence-electron chi connectivity index (χ1n) is 9.68. The van der Waals surface area contributed by atoms with Crippen LogP contribution in [0.2, 0.25) is 5.02 Å². The third-order valence-electron chi connectivity index (χ3n) is 4.67. The minimum Gasteiger partial charge on any atom is -0.322 e. The SMILES string of the molecule is O=C(Cc1ccccc1)Nc1scc(-c2ccccc2)c1C(=O)Nc1ccc(Cl)cc1. The second-order valence-corrected chi connectivity index (χ2v) is 8.21. The van der Waals surface area contributed by atoms with Crippen LogP contribution >= 0.6 is 22.9 Å². The lowest BCUT2D eigenvalue weighted by Gasteiger charge is -2.11. The maximum Gasteiger partial charge on any atom is 0.259 e. The zero-order chi connectivity index (χ0) is 21.6. The first-order valence-corrected chi connectivity index (χ1v) is 10.9. The molecule has 0 aliphatic rings. The van der Waals surface area contributed by atoms with Gasteiger partial charge in [0.05, 0.1) is 12.0 Å². The van der Waals surface area contributed by atoms with Crippen molar-refractivity contribution in [1.29, 1.82) is 0 Å². The Labute approximate surface area is 189 Å². The number of halogens is 1. The van der Waals surface area contributed by atoms with E-state index in [0.717, 1.165) is 16.7 Å². The van der Waals surface area contributed by atoms with Crippen LogP contribution in [0, 0.1) is 0 Å². The van der Waals surface area contributed by atoms with Gasteiger partial charge in [0, 0.05) is 21.7 Å². The molecule has 4 nitrogen and oxygen atoms in total. The second-order valence-electron chi connectivity index (χ2n) is 6.89. The van der Waals surface area contributed by atoms with Gasteiger partial charge in [0.25, 0.3) is 5.91 Å². The minimum atomic E-state index is -0.294. The van der Waals surface area contributed by atoms with Crippen LogP contribution in [0.25, 0.3) is 11.1 Å². The predicted molar refractivity (Wildman–Crippen MR) is 128 cm³/mol. The first-order chi connectivity index (χ1) is 15.1. The van der Waals surface area contributed by atoms with Crippen LogP contribution in [0.1, 0.15) is 15.9 Å². The summed E-state index contributed by atoms with van der Waals surface area (Å²) in [5, 5.41) is 8.83. The van der Waals surface area contributed by atoms with Crippen LogP contribution < -0.4 is 10.6 Å². The van der Waals surface area contributed by atoms with Crippen molar-refractivity contribution < 1.29 is 9.59 Å². The van der Waals surface area contributed by atoms with E-state index in [9.17, 15) is 9.59 Å². The van der Waals surface area contributed by atoms with Gasteiger partial charge in [0.2, 0.25) is 5.91 Å². The van der Waals surface area contributed by atoms with Crippen molar-refractivity contribution in [2.45, 2.75) is 6.42 Å². The molecule has 0 radical (unpaired) electrons. The number of hydrogen-bond donors (Lipinski definition) is 2. The molecule has 0 fully saturated rings. The van der Waals surface area contributed by atoms with E-state index in [1.807, 2.05) is 66.0 Å². The molecule has 2 N–H and O–H groups in total. The zero-order valence-electron chi connectivity index (χ0n) is 16.5. The Kier molecular flexibility index (Phi) is 6.46. The Morgan fingerprint density at radius 3 is 2.13 bits per heavy atom. The van der Waals surface area contributed by atoms with Gasteiger partial charge in [-0.25, -0.2) is 0 Å². The fourth-order valence-electron chi connectivity index (χ4n) is 3.18. The van der Waals surface area contributed by atoms with Gasteiger partial charge < -0.3 is 10.6 Å². The van der Waals surface area contributed by atoms with Crippen molar-refractivity contribution >= 4 is 45.4 Å². The Balaban J connectivity index is 1.63. The third kappa shape index (κ3) is 5.20. The minimum absolute atomic E-state index is 0.173. The predicted octanol–water partition coefficient (Wildman–Crippen LogP) is 6.50. The summed E-state index contributed by atoms with van der Waals surface area (Å²) in [4.78, 5) is 25.9. The fourth-order valence-corrected chi connectivity index (χ4v) is 4.29. The van der Waals surface area contributed by atoms with Crippen molar-refractivity contribution in [2.24, 2.45) is 0 Å². The van der Waals surface area contributed by atoms with E-state index < -0.39 is 0 Å². The summed E-state index contributed by atoms with van der Waals surface area (Å²) in [7, 11) is 0. The lowest BCUT2D eigenvalue weighted by atomic mass is 10.0. The molecule has 0 bridgehead atoms. The van der Waals surface area contributed by atoms with Gasteiger partial charge >= 0.3 is 0 Å². The molecule has 3 aromatic carbocycles. The lowest BCUT2D eigenvalue weighted by molar-refractivity contribution is -0.115. The van der Waals surface area contributed by atoms with Crippen LogP contribution in [0.4, 0.5) is 10.7 Å². The molecule has 0 aliphatic heterocycles. The molecule has 2 amide bonds. The molecule has 0 unspecified atom stereocenters. The Morgan fingerprint density at radius 2 is 1.45 bits per heavy atom. The number of thiophene rings is 1. The average molecular weight is 447 g/mol. The fraction of sp³-hybridized carbons (Fsp3) is 0.0400. The number of carbonyl (C=O) groups is 2. The molecular formula is C25H19ClN2O2S. The highest BCUT2D eigenvalue weighted by Gasteiger charge is 2.22. The van der Waals surface area contributed by atoms with Gasteiger partial charge in [0.1, 0.15) is 5.00 Å². The molecule has 4 rings (SSSR count). The van der Waals surface area contributed by atoms with Gasteiger partial charge in [-0.2, -0.15) is 0 Å². The molecule has 1 aromatic heterocycles. The molecule has 0 atom stereocenters. The van der Waals surface area contributed by atoms with E-state index >= 15 is 0 Å². The van der Waals surface area contributed by atoms with Gasteiger partial charge in [-0.05, 0) is 35.4 Å². The third-order valence-corrected chi connectivity index (χ3v) is 5.81. The van der Waals surface area contributed by atoms with Gasteiger partial charge in [-0.15, -0.1) is 11.3 Å². The van der Waals surface area contributed by atoms with Crippen molar-refractivity contribution in [2.75, 3.05) is 10.6 Å². The number of rotatable bonds is 6. The lowest BCUT2D eigenvalue weighted by Crippen LogP contribution is -2.18. The summed E-state index contributed by atoms with van der Waals surface area (Å²) in [6.45, 7) is 0. The molecule has 0 spiro atoms. The highest BCUT2D eigenvalue weighted by molar-refractivity contribution is 7.15. The molecule has 0 saturated heterocycles. The van der Waals surface area contributed by atoms with Crippen LogP contribution in [-0.2, 0) is 11.2 Å². The summed E-state index contributed by atoms with van der Waals surface area (Å²) >= 11 is 7.28. The summed E-state index contributed by atoms with van der Waals surface area (Å²) in [5.74, 6) is -0.467. The van der Waals surface area contributed by atoms with Gasteiger partial charge in [0.15, 0.2) is 0 Å². The standard InChI is InChI=1S/C25H19ClN2O2S/c26-19-11-13-20(14-12-19)27-24(30)23-21(18-9-5-2-6-10-18)16-31-25(23)28-22(29)15-17-7-3-1-4-8-17/h1-14,16H,15H2,(H,27,30)(H,28,29). The van der Waals surface area contributed by atoms with E-state index in [2.05, 4.69) is 10.6 Å². The van der Waals surface area contributed by atoms with Crippen LogP contribution in [0.5, 0.6) is 0 Å². The van der Waals surface area contributed by atoms with E-state index in [1.165, 1.54) is 11.3 Å². The van der Waals surface area contributed by atoms with Crippen molar-refractivity contribution in [1.82, 2.24) is 0 Å². The summed E-state index contributed by atoms with van der Waals surface area (Å²) in [5.41, 5.74) is 3.65. The summed E-state index contributed by atoms with van der Waals surface area (Å²) in [6.07, 6.45) is 0.234. The second kappa shape index (κ2) is 9.60. The van der Waals surface area contributed by atoms with Crippen LogP contribution in [-0.4, -0.2) is 11.8 Å². The van der Waals surface area contributed by atoms with Gasteiger partial charge in [-0.1, -0.05) is 72.3 Å². The highest BCUT2D eigenvalue weighted by Crippen LogP contribution is 2.36. The van der Waals surface area contributed by atoms with Crippen LogP contribution in [0.3, 0.4) is 0 Å². The molecule has 4 aromatic rings. The normalized spacial score (nSPS) is 10.5. The van der Waals surface area contributed by atoms with Crippen molar-refractivity contribution in [3.63, 3.8) is 0 Å². The quantitative estimate of drug-likeness (QED) is 0.355. The molecule has 154 valence electrons. The molecular weight excluding hydrogens is 428 g/mol.